The highest BCUT2D eigenvalue weighted by Gasteiger charge is 2.11. The van der Waals surface area contributed by atoms with Crippen LogP contribution in [0.25, 0.3) is 0 Å². The summed E-state index contributed by atoms with van der Waals surface area (Å²) in [7, 11) is 3.00. The Hall–Kier alpha value is -2.83. The van der Waals surface area contributed by atoms with Gasteiger partial charge in [-0.25, -0.2) is 4.98 Å². The maximum Gasteiger partial charge on any atom is 0.273 e. The Morgan fingerprint density at radius 2 is 1.95 bits per heavy atom. The average molecular weight is 274 g/mol. The quantitative estimate of drug-likeness (QED) is 0.798. The lowest BCUT2D eigenvalue weighted by Gasteiger charge is -2.10. The van der Waals surface area contributed by atoms with Crippen LogP contribution >= 0.6 is 0 Å². The number of rotatable bonds is 5. The van der Waals surface area contributed by atoms with Crippen molar-refractivity contribution < 1.29 is 14.3 Å². The molecule has 2 rings (SSSR count). The van der Waals surface area contributed by atoms with Crippen LogP contribution in [0.1, 0.15) is 10.4 Å². The Bertz CT molecular complexity index is 604. The second kappa shape index (κ2) is 6.37. The molecule has 7 nitrogen and oxygen atoms in total. The van der Waals surface area contributed by atoms with Crippen LogP contribution in [-0.4, -0.2) is 30.1 Å². The third-order valence-electron chi connectivity index (χ3n) is 2.48. The molecule has 1 aromatic heterocycles. The van der Waals surface area contributed by atoms with Crippen molar-refractivity contribution in [3.63, 3.8) is 0 Å². The van der Waals surface area contributed by atoms with E-state index in [1.165, 1.54) is 20.4 Å². The van der Waals surface area contributed by atoms with Crippen LogP contribution in [0.5, 0.6) is 11.6 Å². The molecule has 20 heavy (non-hydrogen) atoms. The second-order valence-corrected chi connectivity index (χ2v) is 3.70. The van der Waals surface area contributed by atoms with Gasteiger partial charge < -0.3 is 9.47 Å². The fourth-order valence-corrected chi connectivity index (χ4v) is 1.53. The van der Waals surface area contributed by atoms with Crippen LogP contribution in [0.3, 0.4) is 0 Å². The Balaban J connectivity index is 2.04. The molecule has 0 aliphatic heterocycles. The van der Waals surface area contributed by atoms with Gasteiger partial charge in [0.1, 0.15) is 5.75 Å². The summed E-state index contributed by atoms with van der Waals surface area (Å²) < 4.78 is 10.1. The number of hydrazine groups is 1. The van der Waals surface area contributed by atoms with Crippen LogP contribution in [0, 0.1) is 0 Å². The molecule has 0 bridgehead atoms. The molecular formula is C13H14N4O3. The number of carbonyl (C=O) groups excluding carboxylic acids is 1. The van der Waals surface area contributed by atoms with Crippen molar-refractivity contribution in [2.24, 2.45) is 0 Å². The van der Waals surface area contributed by atoms with Crippen LogP contribution in [0.2, 0.25) is 0 Å². The number of hydrogen-bond acceptors (Lipinski definition) is 6. The van der Waals surface area contributed by atoms with Gasteiger partial charge in [0, 0.05) is 12.3 Å². The maximum atomic E-state index is 12.0. The van der Waals surface area contributed by atoms with Crippen molar-refractivity contribution in [3.05, 3.63) is 42.1 Å². The first-order chi connectivity index (χ1) is 9.74. The van der Waals surface area contributed by atoms with Gasteiger partial charge in [0.05, 0.1) is 19.8 Å². The van der Waals surface area contributed by atoms with E-state index in [-0.39, 0.29) is 11.9 Å². The van der Waals surface area contributed by atoms with E-state index in [2.05, 4.69) is 20.8 Å². The minimum atomic E-state index is -0.353. The Morgan fingerprint density at radius 3 is 2.70 bits per heavy atom. The molecule has 0 fully saturated rings. The number of hydrogen-bond donors (Lipinski definition) is 2. The fourth-order valence-electron chi connectivity index (χ4n) is 1.53. The fraction of sp³-hybridized carbons (Fsp3) is 0.154. The number of anilines is 1. The predicted octanol–water partition coefficient (Wildman–Crippen LogP) is 1.25. The third-order valence-corrected chi connectivity index (χ3v) is 2.48. The molecule has 0 unspecified atom stereocenters. The van der Waals surface area contributed by atoms with E-state index in [4.69, 9.17) is 9.47 Å². The first kappa shape index (κ1) is 13.6. The highest BCUT2D eigenvalue weighted by atomic mass is 16.5. The number of aromatic nitrogens is 2. The molecule has 7 heteroatoms. The summed E-state index contributed by atoms with van der Waals surface area (Å²) >= 11 is 0. The SMILES string of the molecule is COc1ccnc(NNC(=O)c2ccccc2OC)n1. The van der Waals surface area contributed by atoms with E-state index in [0.717, 1.165) is 0 Å². The van der Waals surface area contributed by atoms with Gasteiger partial charge in [-0.3, -0.25) is 15.6 Å². The summed E-state index contributed by atoms with van der Waals surface area (Å²) in [5.74, 6) is 0.758. The zero-order valence-electron chi connectivity index (χ0n) is 11.1. The lowest BCUT2D eigenvalue weighted by Crippen LogP contribution is -2.30. The summed E-state index contributed by atoms with van der Waals surface area (Å²) in [4.78, 5) is 20.0. The number of benzene rings is 1. The van der Waals surface area contributed by atoms with Crippen molar-refractivity contribution in [2.45, 2.75) is 0 Å². The monoisotopic (exact) mass is 274 g/mol. The lowest BCUT2D eigenvalue weighted by molar-refractivity contribution is 0.0959. The Morgan fingerprint density at radius 1 is 1.15 bits per heavy atom. The molecule has 104 valence electrons. The van der Waals surface area contributed by atoms with E-state index in [0.29, 0.717) is 17.2 Å². The van der Waals surface area contributed by atoms with Gasteiger partial charge in [-0.2, -0.15) is 4.98 Å². The van der Waals surface area contributed by atoms with Crippen molar-refractivity contribution in [2.75, 3.05) is 19.6 Å². The topological polar surface area (TPSA) is 85.4 Å². The molecule has 1 heterocycles. The molecule has 1 amide bonds. The highest BCUT2D eigenvalue weighted by Crippen LogP contribution is 2.16. The molecule has 1 aromatic carbocycles. The Kier molecular flexibility index (Phi) is 4.33. The summed E-state index contributed by atoms with van der Waals surface area (Å²) in [5, 5.41) is 0. The zero-order chi connectivity index (χ0) is 14.4. The molecule has 2 aromatic rings. The Labute approximate surface area is 115 Å². The summed E-state index contributed by atoms with van der Waals surface area (Å²) in [6.45, 7) is 0. The molecule has 0 saturated carbocycles. The number of carbonyl (C=O) groups is 1. The van der Waals surface area contributed by atoms with Gasteiger partial charge in [0.15, 0.2) is 0 Å². The standard InChI is InChI=1S/C13H14N4O3/c1-19-10-6-4-3-5-9(10)12(18)16-17-13-14-8-7-11(15-13)20-2/h3-8H,1-2H3,(H,16,18)(H,14,15,17). The van der Waals surface area contributed by atoms with Gasteiger partial charge >= 0.3 is 0 Å². The van der Waals surface area contributed by atoms with Crippen molar-refractivity contribution in [3.8, 4) is 11.6 Å². The highest BCUT2D eigenvalue weighted by molar-refractivity contribution is 5.97. The van der Waals surface area contributed by atoms with Gasteiger partial charge in [0.25, 0.3) is 5.91 Å². The normalized spacial score (nSPS) is 9.70. The molecule has 0 radical (unpaired) electrons. The lowest BCUT2D eigenvalue weighted by atomic mass is 10.2. The molecule has 0 atom stereocenters. The molecule has 2 N–H and O–H groups in total. The van der Waals surface area contributed by atoms with E-state index in [1.54, 1.807) is 30.3 Å². The predicted molar refractivity (Wildman–Crippen MR) is 72.7 cm³/mol. The minimum Gasteiger partial charge on any atom is -0.496 e. The molecular weight excluding hydrogens is 260 g/mol. The molecule has 0 aliphatic carbocycles. The third kappa shape index (κ3) is 3.14. The van der Waals surface area contributed by atoms with Gasteiger partial charge in [-0.05, 0) is 12.1 Å². The average Bonchev–Trinajstić information content (AvgIpc) is 2.52. The van der Waals surface area contributed by atoms with Gasteiger partial charge in [-0.15, -0.1) is 0 Å². The van der Waals surface area contributed by atoms with E-state index in [1.807, 2.05) is 0 Å². The van der Waals surface area contributed by atoms with E-state index >= 15 is 0 Å². The van der Waals surface area contributed by atoms with Crippen LogP contribution < -0.4 is 20.3 Å². The van der Waals surface area contributed by atoms with Gasteiger partial charge in [-0.1, -0.05) is 12.1 Å². The number of amides is 1. The zero-order valence-corrected chi connectivity index (χ0v) is 11.1. The number of ether oxygens (including phenoxy) is 2. The first-order valence-corrected chi connectivity index (χ1v) is 5.81. The van der Waals surface area contributed by atoms with Crippen LogP contribution in [0.15, 0.2) is 36.5 Å². The van der Waals surface area contributed by atoms with Crippen molar-refractivity contribution >= 4 is 11.9 Å². The van der Waals surface area contributed by atoms with Crippen LogP contribution in [0.4, 0.5) is 5.95 Å². The van der Waals surface area contributed by atoms with Crippen LogP contribution in [-0.2, 0) is 0 Å². The number of nitrogens with zero attached hydrogens (tertiary/aromatic N) is 2. The molecule has 0 aliphatic rings. The van der Waals surface area contributed by atoms with Crippen molar-refractivity contribution in [1.82, 2.24) is 15.4 Å². The summed E-state index contributed by atoms with van der Waals surface area (Å²) in [5.41, 5.74) is 5.51. The molecule has 0 spiro atoms. The van der Waals surface area contributed by atoms with Gasteiger partial charge in [0.2, 0.25) is 11.8 Å². The number of para-hydroxylation sites is 1. The number of nitrogens with one attached hydrogen (secondary N) is 2. The maximum absolute atomic E-state index is 12.0. The summed E-state index contributed by atoms with van der Waals surface area (Å²) in [6, 6.07) is 8.50. The van der Waals surface area contributed by atoms with E-state index in [9.17, 15) is 4.79 Å². The number of methoxy groups -OCH3 is 2. The largest absolute Gasteiger partial charge is 0.496 e. The molecule has 0 saturated heterocycles. The summed E-state index contributed by atoms with van der Waals surface area (Å²) in [6.07, 6.45) is 1.52. The first-order valence-electron chi connectivity index (χ1n) is 5.81. The second-order valence-electron chi connectivity index (χ2n) is 3.70. The smallest absolute Gasteiger partial charge is 0.273 e. The van der Waals surface area contributed by atoms with E-state index < -0.39 is 0 Å². The van der Waals surface area contributed by atoms with Crippen molar-refractivity contribution in [1.29, 1.82) is 0 Å². The minimum absolute atomic E-state index is 0.229.